The molecule has 93 heavy (non-hydrogen) atoms. The van der Waals surface area contributed by atoms with Gasteiger partial charge in [0.2, 0.25) is 0 Å². The van der Waals surface area contributed by atoms with E-state index >= 15 is 0 Å². The first-order chi connectivity index (χ1) is 45.0. The fourth-order valence-corrected chi connectivity index (χ4v) is 12.9. The molecule has 0 saturated carbocycles. The number of carbonyl (C=O) groups is 4. The van der Waals surface area contributed by atoms with Crippen LogP contribution in [-0.2, 0) is 65.4 Å². The van der Waals surface area contributed by atoms with Gasteiger partial charge in [-0.3, -0.25) is 37.3 Å². The van der Waals surface area contributed by atoms with Crippen LogP contribution in [0.15, 0.2) is 0 Å². The Kier molecular flexibility index (Phi) is 65.9. The lowest BCUT2D eigenvalue weighted by molar-refractivity contribution is -0.161. The minimum Gasteiger partial charge on any atom is -0.462 e. The number of unbranched alkanes of at least 4 members (excludes halogenated alkanes) is 46. The van der Waals surface area contributed by atoms with Crippen LogP contribution in [0, 0.1) is 5.92 Å². The Hall–Kier alpha value is -1.94. The highest BCUT2D eigenvalue weighted by atomic mass is 31.2. The van der Waals surface area contributed by atoms with E-state index < -0.39 is 97.5 Å². The number of phosphoric ester groups is 2. The molecule has 5 atom stereocenters. The van der Waals surface area contributed by atoms with Crippen molar-refractivity contribution in [2.24, 2.45) is 5.92 Å². The summed E-state index contributed by atoms with van der Waals surface area (Å²) >= 11 is 0. The Bertz CT molecular complexity index is 1790. The maximum Gasteiger partial charge on any atom is 0.472 e. The molecule has 3 N–H and O–H groups in total. The molecule has 2 unspecified atom stereocenters. The third-order valence-electron chi connectivity index (χ3n) is 17.3. The molecule has 0 aromatic heterocycles. The lowest BCUT2D eigenvalue weighted by Gasteiger charge is -2.21. The molecule has 17 nitrogen and oxygen atoms in total. The molecule has 0 rings (SSSR count). The van der Waals surface area contributed by atoms with E-state index in [2.05, 4.69) is 34.6 Å². The zero-order valence-electron chi connectivity index (χ0n) is 60.4. The molecule has 552 valence electrons. The largest absolute Gasteiger partial charge is 0.472 e. The lowest BCUT2D eigenvalue weighted by Crippen LogP contribution is -2.30. The summed E-state index contributed by atoms with van der Waals surface area (Å²) < 4.78 is 68.4. The Morgan fingerprint density at radius 3 is 0.731 bits per heavy atom. The first-order valence-electron chi connectivity index (χ1n) is 38.6. The Balaban J connectivity index is 5.22. The molecular formula is C74H144O17P2. The number of hydrogen-bond acceptors (Lipinski definition) is 15. The molecule has 0 fully saturated rings. The van der Waals surface area contributed by atoms with Crippen LogP contribution in [0.2, 0.25) is 0 Å². The number of aliphatic hydroxyl groups excluding tert-OH is 1. The SMILES string of the molecule is CCCCCCCCCCCCCCCCCCCC(=O)O[C@H](COC(=O)CCCCCCCCCCCCCCC(C)C)COP(=O)(O)OC[C@@H](O)COP(=O)(O)OC[C@@H](COC(=O)CCCCCCCCCC)OC(=O)CCCCCCCCCCCCCCC. The van der Waals surface area contributed by atoms with E-state index in [-0.39, 0.29) is 25.7 Å². The number of esters is 4. The first-order valence-corrected chi connectivity index (χ1v) is 41.6. The fraction of sp³-hybridized carbons (Fsp3) is 0.946. The third-order valence-corrected chi connectivity index (χ3v) is 19.2. The van der Waals surface area contributed by atoms with Crippen molar-refractivity contribution in [2.75, 3.05) is 39.6 Å². The van der Waals surface area contributed by atoms with Gasteiger partial charge in [0.15, 0.2) is 12.2 Å². The van der Waals surface area contributed by atoms with E-state index in [1.54, 1.807) is 0 Å². The molecule has 0 aromatic carbocycles. The predicted molar refractivity (Wildman–Crippen MR) is 377 cm³/mol. The van der Waals surface area contributed by atoms with Gasteiger partial charge in [-0.15, -0.1) is 0 Å². The number of rotatable bonds is 74. The van der Waals surface area contributed by atoms with Crippen molar-refractivity contribution in [1.82, 2.24) is 0 Å². The monoisotopic (exact) mass is 1370 g/mol. The average molecular weight is 1370 g/mol. The van der Waals surface area contributed by atoms with Crippen LogP contribution in [0.1, 0.15) is 388 Å². The first kappa shape index (κ1) is 91.1. The summed E-state index contributed by atoms with van der Waals surface area (Å²) in [5.74, 6) is -1.33. The second-order valence-electron chi connectivity index (χ2n) is 27.2. The van der Waals surface area contributed by atoms with Crippen molar-refractivity contribution >= 4 is 39.5 Å². The molecule has 0 amide bonds. The normalized spacial score (nSPS) is 14.0. The maximum atomic E-state index is 13.1. The Morgan fingerprint density at radius 1 is 0.290 bits per heavy atom. The summed E-state index contributed by atoms with van der Waals surface area (Å²) in [5, 5.41) is 10.6. The van der Waals surface area contributed by atoms with E-state index in [4.69, 9.17) is 37.0 Å². The Labute approximate surface area is 568 Å². The Morgan fingerprint density at radius 2 is 0.495 bits per heavy atom. The van der Waals surface area contributed by atoms with Crippen LogP contribution in [0.25, 0.3) is 0 Å². The summed E-state index contributed by atoms with van der Waals surface area (Å²) in [4.78, 5) is 72.7. The van der Waals surface area contributed by atoms with E-state index in [1.165, 1.54) is 205 Å². The molecule has 19 heteroatoms. The van der Waals surface area contributed by atoms with Gasteiger partial charge < -0.3 is 33.8 Å². The summed E-state index contributed by atoms with van der Waals surface area (Å²) in [7, 11) is -9.90. The van der Waals surface area contributed by atoms with Gasteiger partial charge in [-0.1, -0.05) is 336 Å². The summed E-state index contributed by atoms with van der Waals surface area (Å²) in [6.45, 7) is 7.27. The minimum atomic E-state index is -4.95. The highest BCUT2D eigenvalue weighted by Gasteiger charge is 2.30. The molecule has 0 radical (unpaired) electrons. The van der Waals surface area contributed by atoms with Gasteiger partial charge in [-0.05, 0) is 31.6 Å². The van der Waals surface area contributed by atoms with E-state index in [0.717, 1.165) is 102 Å². The number of carbonyl (C=O) groups excluding carboxylic acids is 4. The molecule has 0 heterocycles. The van der Waals surface area contributed by atoms with Crippen LogP contribution in [0.4, 0.5) is 0 Å². The maximum absolute atomic E-state index is 13.1. The molecule has 0 saturated heterocycles. The van der Waals surface area contributed by atoms with E-state index in [1.807, 2.05) is 0 Å². The molecule has 0 bridgehead atoms. The van der Waals surface area contributed by atoms with Gasteiger partial charge in [-0.25, -0.2) is 9.13 Å². The lowest BCUT2D eigenvalue weighted by atomic mass is 10.0. The quantitative estimate of drug-likeness (QED) is 0.0222. The fourth-order valence-electron chi connectivity index (χ4n) is 11.4. The standard InChI is InChI=1S/C74H144O17P2/c1-6-9-12-15-18-21-23-25-26-27-28-30-36-40-45-50-55-60-74(79)91-70(64-85-72(77)58-53-48-43-38-34-32-31-33-37-41-46-51-56-67(4)5)66-89-93(82,83)87-62-68(75)61-86-92(80,81)88-65-69(63-84-71(76)57-52-47-42-20-17-14-11-8-3)90-73(78)59-54-49-44-39-35-29-24-22-19-16-13-10-7-2/h67-70,75H,6-66H2,1-5H3,(H,80,81)(H,82,83)/t68-,69+,70+/m0/s1. The van der Waals surface area contributed by atoms with Crippen molar-refractivity contribution in [1.29, 1.82) is 0 Å². The van der Waals surface area contributed by atoms with Crippen molar-refractivity contribution in [3.63, 3.8) is 0 Å². The van der Waals surface area contributed by atoms with E-state index in [9.17, 15) is 43.2 Å². The summed E-state index contributed by atoms with van der Waals surface area (Å²) in [6, 6.07) is 0. The predicted octanol–water partition coefficient (Wildman–Crippen LogP) is 21.7. The number of ether oxygens (including phenoxy) is 4. The number of hydrogen-bond donors (Lipinski definition) is 3. The minimum absolute atomic E-state index is 0.108. The van der Waals surface area contributed by atoms with E-state index in [0.29, 0.717) is 25.7 Å². The number of aliphatic hydroxyl groups is 1. The van der Waals surface area contributed by atoms with Gasteiger partial charge in [0.1, 0.15) is 19.3 Å². The third kappa shape index (κ3) is 68.4. The smallest absolute Gasteiger partial charge is 0.462 e. The topological polar surface area (TPSA) is 237 Å². The molecule has 0 aliphatic rings. The summed E-state index contributed by atoms with van der Waals surface area (Å²) in [6.07, 6.45) is 55.4. The highest BCUT2D eigenvalue weighted by molar-refractivity contribution is 7.47. The van der Waals surface area contributed by atoms with Gasteiger partial charge in [0, 0.05) is 25.7 Å². The van der Waals surface area contributed by atoms with Crippen LogP contribution >= 0.6 is 15.6 Å². The number of phosphoric acid groups is 2. The second kappa shape index (κ2) is 67.3. The molecule has 0 aliphatic heterocycles. The van der Waals surface area contributed by atoms with Crippen LogP contribution in [-0.4, -0.2) is 96.7 Å². The van der Waals surface area contributed by atoms with Gasteiger partial charge in [-0.2, -0.15) is 0 Å². The average Bonchev–Trinajstić information content (AvgIpc) is 1.90. The van der Waals surface area contributed by atoms with Crippen LogP contribution < -0.4 is 0 Å². The molecule has 0 aromatic rings. The van der Waals surface area contributed by atoms with Crippen LogP contribution in [0.3, 0.4) is 0 Å². The molecular weight excluding hydrogens is 1220 g/mol. The van der Waals surface area contributed by atoms with Crippen molar-refractivity contribution in [2.45, 2.75) is 406 Å². The van der Waals surface area contributed by atoms with Gasteiger partial charge >= 0.3 is 39.5 Å². The second-order valence-corrected chi connectivity index (χ2v) is 30.1. The van der Waals surface area contributed by atoms with Crippen molar-refractivity contribution in [3.05, 3.63) is 0 Å². The van der Waals surface area contributed by atoms with Gasteiger partial charge in [0.25, 0.3) is 0 Å². The highest BCUT2D eigenvalue weighted by Crippen LogP contribution is 2.45. The molecule has 0 aliphatic carbocycles. The zero-order chi connectivity index (χ0) is 68.4. The van der Waals surface area contributed by atoms with Gasteiger partial charge in [0.05, 0.1) is 26.4 Å². The van der Waals surface area contributed by atoms with Crippen molar-refractivity contribution < 1.29 is 80.2 Å². The summed E-state index contributed by atoms with van der Waals surface area (Å²) in [5.41, 5.74) is 0. The zero-order valence-corrected chi connectivity index (χ0v) is 62.2. The van der Waals surface area contributed by atoms with Crippen LogP contribution in [0.5, 0.6) is 0 Å². The molecule has 0 spiro atoms. The van der Waals surface area contributed by atoms with Crippen molar-refractivity contribution in [3.8, 4) is 0 Å².